The lowest BCUT2D eigenvalue weighted by Crippen LogP contribution is -2.49. The van der Waals surface area contributed by atoms with Crippen LogP contribution in [0.15, 0.2) is 42.5 Å². The average molecular weight is 543 g/mol. The monoisotopic (exact) mass is 542 g/mol. The number of ether oxygens (including phenoxy) is 1. The summed E-state index contributed by atoms with van der Waals surface area (Å²) in [6.07, 6.45) is 4.79. The molecular formula is C31H43ClN2O4. The highest BCUT2D eigenvalue weighted by molar-refractivity contribution is 6.31. The molecule has 38 heavy (non-hydrogen) atoms. The lowest BCUT2D eigenvalue weighted by atomic mass is 9.72. The minimum atomic E-state index is -1.14. The van der Waals surface area contributed by atoms with E-state index in [1.165, 1.54) is 5.56 Å². The van der Waals surface area contributed by atoms with Crippen LogP contribution in [-0.2, 0) is 21.6 Å². The molecule has 7 heteroatoms. The number of rotatable bonds is 10. The van der Waals surface area contributed by atoms with Gasteiger partial charge in [0.1, 0.15) is 0 Å². The molecule has 2 aromatic carbocycles. The third-order valence-corrected chi connectivity index (χ3v) is 8.89. The second kappa shape index (κ2) is 12.9. The van der Waals surface area contributed by atoms with Crippen molar-refractivity contribution in [1.29, 1.82) is 0 Å². The second-order valence-corrected chi connectivity index (χ2v) is 11.7. The van der Waals surface area contributed by atoms with E-state index in [1.807, 2.05) is 23.1 Å². The van der Waals surface area contributed by atoms with Gasteiger partial charge in [0.05, 0.1) is 11.7 Å². The largest absolute Gasteiger partial charge is 0.391 e. The van der Waals surface area contributed by atoms with Crippen molar-refractivity contribution in [3.8, 4) is 0 Å². The van der Waals surface area contributed by atoms with Gasteiger partial charge in [0.25, 0.3) is 0 Å². The Labute approximate surface area is 232 Å². The Morgan fingerprint density at radius 1 is 1.21 bits per heavy atom. The minimum Gasteiger partial charge on any atom is -0.391 e. The number of aliphatic hydroxyl groups is 2. The van der Waals surface area contributed by atoms with Crippen LogP contribution in [0.5, 0.6) is 0 Å². The van der Waals surface area contributed by atoms with Crippen molar-refractivity contribution in [2.24, 2.45) is 17.6 Å². The highest BCUT2D eigenvalue weighted by atomic mass is 35.5. The molecule has 2 fully saturated rings. The van der Waals surface area contributed by atoms with Crippen molar-refractivity contribution in [2.45, 2.75) is 76.0 Å². The van der Waals surface area contributed by atoms with Gasteiger partial charge in [0.15, 0.2) is 0 Å². The molecule has 0 spiro atoms. The first-order valence-corrected chi connectivity index (χ1v) is 14.4. The number of nitrogens with zero attached hydrogens (tertiary/aromatic N) is 1. The molecule has 4 rings (SSSR count). The maximum absolute atomic E-state index is 13.4. The number of aliphatic hydroxyl groups excluding tert-OH is 1. The van der Waals surface area contributed by atoms with Crippen LogP contribution in [0.4, 0.5) is 0 Å². The zero-order valence-electron chi connectivity index (χ0n) is 22.7. The van der Waals surface area contributed by atoms with E-state index in [1.54, 1.807) is 7.11 Å². The van der Waals surface area contributed by atoms with Crippen LogP contribution >= 0.6 is 11.6 Å². The molecule has 1 amide bonds. The van der Waals surface area contributed by atoms with E-state index in [0.29, 0.717) is 50.4 Å². The number of unbranched alkanes of at least 4 members (excludes halogenated alkanes) is 1. The maximum atomic E-state index is 13.4. The van der Waals surface area contributed by atoms with Gasteiger partial charge in [0, 0.05) is 49.7 Å². The molecule has 2 aromatic rings. The van der Waals surface area contributed by atoms with Gasteiger partial charge in [-0.25, -0.2) is 0 Å². The van der Waals surface area contributed by atoms with Gasteiger partial charge in [-0.2, -0.15) is 0 Å². The van der Waals surface area contributed by atoms with E-state index in [2.05, 4.69) is 31.2 Å². The van der Waals surface area contributed by atoms with Crippen molar-refractivity contribution in [1.82, 2.24) is 4.90 Å². The normalized spacial score (nSPS) is 25.4. The van der Waals surface area contributed by atoms with Gasteiger partial charge < -0.3 is 25.6 Å². The van der Waals surface area contributed by atoms with Crippen molar-refractivity contribution in [2.75, 3.05) is 26.8 Å². The van der Waals surface area contributed by atoms with Gasteiger partial charge in [0.2, 0.25) is 5.91 Å². The number of hydrogen-bond acceptors (Lipinski definition) is 5. The standard InChI is InChI=1S/C31H43ClN2O4/c1-21-8-5-9-22(16-21)17-25-26(11-6-12-27(25)32)31(37,13-3-4-15-38-2)24-10-7-14-34(20-24)30(36)23-18-28(33)29(35)19-23/h5-6,8-9,11-12,16,23-24,28-29,35,37H,3-4,7,10,13-15,17-20,33H2,1-2H3. The van der Waals surface area contributed by atoms with Crippen LogP contribution < -0.4 is 5.73 Å². The molecule has 4 N–H and O–H groups in total. The highest BCUT2D eigenvalue weighted by Crippen LogP contribution is 2.43. The van der Waals surface area contributed by atoms with Crippen LogP contribution in [0, 0.1) is 18.8 Å². The predicted octanol–water partition coefficient (Wildman–Crippen LogP) is 4.58. The van der Waals surface area contributed by atoms with E-state index in [0.717, 1.165) is 42.4 Å². The number of nitrogens with two attached hydrogens (primary N) is 1. The van der Waals surface area contributed by atoms with E-state index >= 15 is 0 Å². The van der Waals surface area contributed by atoms with E-state index < -0.39 is 11.7 Å². The first-order chi connectivity index (χ1) is 18.2. The van der Waals surface area contributed by atoms with Gasteiger partial charge in [-0.15, -0.1) is 0 Å². The molecular weight excluding hydrogens is 500 g/mol. The number of piperidine rings is 1. The molecule has 0 radical (unpaired) electrons. The number of methoxy groups -OCH3 is 1. The molecule has 0 bridgehead atoms. The summed E-state index contributed by atoms with van der Waals surface area (Å²) in [6, 6.07) is 13.9. The van der Waals surface area contributed by atoms with Crippen LogP contribution in [-0.4, -0.2) is 60.0 Å². The molecule has 5 unspecified atom stereocenters. The highest BCUT2D eigenvalue weighted by Gasteiger charge is 2.44. The third kappa shape index (κ3) is 6.60. The Hall–Kier alpha value is -1.96. The first-order valence-electron chi connectivity index (χ1n) is 14.0. The van der Waals surface area contributed by atoms with Gasteiger partial charge in [-0.05, 0) is 81.0 Å². The van der Waals surface area contributed by atoms with Crippen molar-refractivity contribution < 1.29 is 19.7 Å². The molecule has 1 heterocycles. The molecule has 6 nitrogen and oxygen atoms in total. The molecule has 5 atom stereocenters. The predicted molar refractivity (Wildman–Crippen MR) is 151 cm³/mol. The number of benzene rings is 2. The fourth-order valence-electron chi connectivity index (χ4n) is 6.44. The van der Waals surface area contributed by atoms with Gasteiger partial charge >= 0.3 is 0 Å². The fraction of sp³-hybridized carbons (Fsp3) is 0.581. The van der Waals surface area contributed by atoms with Crippen LogP contribution in [0.3, 0.4) is 0 Å². The van der Waals surface area contributed by atoms with Crippen LogP contribution in [0.1, 0.15) is 67.2 Å². The maximum Gasteiger partial charge on any atom is 0.225 e. The molecule has 0 aromatic heterocycles. The minimum absolute atomic E-state index is 0.0505. The zero-order chi connectivity index (χ0) is 27.3. The topological polar surface area (TPSA) is 96.0 Å². The molecule has 208 valence electrons. The van der Waals surface area contributed by atoms with Crippen LogP contribution in [0.2, 0.25) is 5.02 Å². The Morgan fingerprint density at radius 2 is 2.00 bits per heavy atom. The lowest BCUT2D eigenvalue weighted by Gasteiger charge is -2.44. The van der Waals surface area contributed by atoms with E-state index in [9.17, 15) is 15.0 Å². The SMILES string of the molecule is COCCCCC(O)(c1cccc(Cl)c1Cc1cccc(C)c1)C1CCCN(C(=O)C2CC(N)C(O)C2)C1. The summed E-state index contributed by atoms with van der Waals surface area (Å²) >= 11 is 6.81. The number of carbonyl (C=O) groups excluding carboxylic acids is 1. The summed E-state index contributed by atoms with van der Waals surface area (Å²) < 4.78 is 5.28. The van der Waals surface area contributed by atoms with Crippen molar-refractivity contribution in [3.63, 3.8) is 0 Å². The summed E-state index contributed by atoms with van der Waals surface area (Å²) in [4.78, 5) is 15.3. The van der Waals surface area contributed by atoms with Crippen molar-refractivity contribution >= 4 is 17.5 Å². The van der Waals surface area contributed by atoms with Gasteiger partial charge in [-0.3, -0.25) is 4.79 Å². The molecule has 1 aliphatic heterocycles. The molecule has 2 aliphatic rings. The summed E-state index contributed by atoms with van der Waals surface area (Å²) in [5.74, 6) is -0.330. The quantitative estimate of drug-likeness (QED) is 0.382. The number of amides is 1. The Bertz CT molecular complexity index is 1090. The number of halogens is 1. The molecule has 1 saturated carbocycles. The third-order valence-electron chi connectivity index (χ3n) is 8.54. The summed E-state index contributed by atoms with van der Waals surface area (Å²) in [7, 11) is 1.69. The number of hydrogen-bond donors (Lipinski definition) is 3. The summed E-state index contributed by atoms with van der Waals surface area (Å²) in [5, 5.41) is 23.4. The van der Waals surface area contributed by atoms with E-state index in [4.69, 9.17) is 22.1 Å². The number of carbonyl (C=O) groups is 1. The fourth-order valence-corrected chi connectivity index (χ4v) is 6.69. The second-order valence-electron chi connectivity index (χ2n) is 11.3. The van der Waals surface area contributed by atoms with Crippen molar-refractivity contribution in [3.05, 3.63) is 69.7 Å². The zero-order valence-corrected chi connectivity index (χ0v) is 23.5. The Balaban J connectivity index is 1.64. The Kier molecular flexibility index (Phi) is 9.88. The van der Waals surface area contributed by atoms with Gasteiger partial charge in [-0.1, -0.05) is 53.6 Å². The number of aryl methyl sites for hydroxylation is 1. The number of likely N-dealkylation sites (tertiary alicyclic amines) is 1. The van der Waals surface area contributed by atoms with E-state index in [-0.39, 0.29) is 23.8 Å². The smallest absolute Gasteiger partial charge is 0.225 e. The summed E-state index contributed by atoms with van der Waals surface area (Å²) in [6.45, 7) is 3.87. The summed E-state index contributed by atoms with van der Waals surface area (Å²) in [5.41, 5.74) is 9.02. The lowest BCUT2D eigenvalue weighted by molar-refractivity contribution is -0.141. The first kappa shape index (κ1) is 29.0. The Morgan fingerprint density at radius 3 is 2.71 bits per heavy atom. The van der Waals surface area contributed by atoms with Crippen LogP contribution in [0.25, 0.3) is 0 Å². The average Bonchev–Trinajstić information content (AvgIpc) is 3.25. The molecule has 1 aliphatic carbocycles. The molecule has 1 saturated heterocycles.